The molecular weight excluding hydrogens is 496 g/mol. The molecule has 12 heteroatoms. The minimum Gasteiger partial charge on any atom is -0.468 e. The van der Waals surface area contributed by atoms with Gasteiger partial charge in [0.1, 0.15) is 0 Å². The standard InChI is InChI=1S/C22H24N4O5S3/c1-14-9-15(2)11-18(10-14)26(34(4,29)30)12-16-5-7-17(8-6-16)20(28)23-21-24-25-22(33-21)32-13-19(27)31-3/h5-11H,12-13H2,1-4H3,(H,23,24,28). The summed E-state index contributed by atoms with van der Waals surface area (Å²) in [7, 11) is -2.21. The lowest BCUT2D eigenvalue weighted by atomic mass is 10.1. The van der Waals surface area contributed by atoms with Crippen molar-refractivity contribution in [2.75, 3.05) is 28.7 Å². The van der Waals surface area contributed by atoms with Gasteiger partial charge in [0, 0.05) is 5.56 Å². The SMILES string of the molecule is COC(=O)CSc1nnc(NC(=O)c2ccc(CN(c3cc(C)cc(C)c3)S(C)(=O)=O)cc2)s1. The van der Waals surface area contributed by atoms with Crippen LogP contribution in [0.1, 0.15) is 27.0 Å². The zero-order valence-electron chi connectivity index (χ0n) is 19.1. The van der Waals surface area contributed by atoms with Crippen LogP contribution in [0.2, 0.25) is 0 Å². The second-order valence-corrected chi connectivity index (χ2v) is 11.6. The van der Waals surface area contributed by atoms with Crippen LogP contribution in [0.5, 0.6) is 0 Å². The summed E-state index contributed by atoms with van der Waals surface area (Å²) in [6, 6.07) is 12.3. The zero-order valence-corrected chi connectivity index (χ0v) is 21.5. The number of hydrogen-bond acceptors (Lipinski definition) is 9. The minimum absolute atomic E-state index is 0.104. The maximum atomic E-state index is 12.6. The van der Waals surface area contributed by atoms with Crippen molar-refractivity contribution in [2.45, 2.75) is 24.7 Å². The van der Waals surface area contributed by atoms with Gasteiger partial charge in [0.15, 0.2) is 4.34 Å². The molecule has 34 heavy (non-hydrogen) atoms. The number of benzene rings is 2. The molecule has 0 aliphatic heterocycles. The van der Waals surface area contributed by atoms with Crippen molar-refractivity contribution >= 4 is 55.8 Å². The normalized spacial score (nSPS) is 11.2. The van der Waals surface area contributed by atoms with E-state index in [-0.39, 0.29) is 24.2 Å². The lowest BCUT2D eigenvalue weighted by Gasteiger charge is -2.23. The third-order valence-corrected chi connectivity index (χ3v) is 7.69. The molecule has 0 bridgehead atoms. The van der Waals surface area contributed by atoms with Gasteiger partial charge in [-0.1, -0.05) is 41.3 Å². The van der Waals surface area contributed by atoms with E-state index < -0.39 is 10.0 Å². The van der Waals surface area contributed by atoms with Gasteiger partial charge in [-0.2, -0.15) is 0 Å². The molecule has 0 spiro atoms. The molecule has 1 heterocycles. The van der Waals surface area contributed by atoms with Crippen LogP contribution in [0, 0.1) is 13.8 Å². The summed E-state index contributed by atoms with van der Waals surface area (Å²) in [5.74, 6) is -0.646. The highest BCUT2D eigenvalue weighted by Crippen LogP contribution is 2.26. The smallest absolute Gasteiger partial charge is 0.316 e. The van der Waals surface area contributed by atoms with Gasteiger partial charge in [-0.15, -0.1) is 10.2 Å². The lowest BCUT2D eigenvalue weighted by molar-refractivity contribution is -0.137. The van der Waals surface area contributed by atoms with Crippen molar-refractivity contribution in [2.24, 2.45) is 0 Å². The third kappa shape index (κ3) is 7.02. The molecule has 0 fully saturated rings. The molecule has 0 saturated heterocycles. The first-order valence-corrected chi connectivity index (χ1v) is 13.7. The number of rotatable bonds is 9. The number of methoxy groups -OCH3 is 1. The van der Waals surface area contributed by atoms with Gasteiger partial charge in [0.2, 0.25) is 15.2 Å². The maximum Gasteiger partial charge on any atom is 0.316 e. The lowest BCUT2D eigenvalue weighted by Crippen LogP contribution is -2.29. The number of carbonyl (C=O) groups excluding carboxylic acids is 2. The Balaban J connectivity index is 1.68. The van der Waals surface area contributed by atoms with Crippen LogP contribution >= 0.6 is 23.1 Å². The Labute approximate surface area is 206 Å². The Bertz CT molecular complexity index is 1270. The number of nitrogens with zero attached hydrogens (tertiary/aromatic N) is 3. The average Bonchev–Trinajstić information content (AvgIpc) is 3.21. The number of hydrogen-bond donors (Lipinski definition) is 1. The number of thioether (sulfide) groups is 1. The third-order valence-electron chi connectivity index (χ3n) is 4.61. The fourth-order valence-corrected chi connectivity index (χ4v) is 5.54. The Kier molecular flexibility index (Phi) is 8.28. The highest BCUT2D eigenvalue weighted by atomic mass is 32.2. The van der Waals surface area contributed by atoms with Crippen molar-refractivity contribution in [3.63, 3.8) is 0 Å². The molecule has 3 aromatic rings. The molecule has 1 N–H and O–H groups in total. The van der Waals surface area contributed by atoms with Crippen LogP contribution in [0.3, 0.4) is 0 Å². The predicted octanol–water partition coefficient (Wildman–Crippen LogP) is 3.64. The van der Waals surface area contributed by atoms with Gasteiger partial charge in [-0.25, -0.2) is 8.42 Å². The van der Waals surface area contributed by atoms with E-state index in [2.05, 4.69) is 20.3 Å². The topological polar surface area (TPSA) is 119 Å². The van der Waals surface area contributed by atoms with Crippen molar-refractivity contribution in [1.29, 1.82) is 0 Å². The first-order chi connectivity index (χ1) is 16.0. The van der Waals surface area contributed by atoms with Gasteiger partial charge in [-0.05, 0) is 54.8 Å². The first kappa shape index (κ1) is 25.7. The highest BCUT2D eigenvalue weighted by Gasteiger charge is 2.19. The number of amides is 1. The van der Waals surface area contributed by atoms with Gasteiger partial charge >= 0.3 is 5.97 Å². The van der Waals surface area contributed by atoms with E-state index >= 15 is 0 Å². The second-order valence-electron chi connectivity index (χ2n) is 7.50. The molecule has 9 nitrogen and oxygen atoms in total. The van der Waals surface area contributed by atoms with Gasteiger partial charge in [-0.3, -0.25) is 19.2 Å². The molecule has 0 radical (unpaired) electrons. The van der Waals surface area contributed by atoms with Crippen LogP contribution in [-0.2, 0) is 26.1 Å². The van der Waals surface area contributed by atoms with E-state index in [0.717, 1.165) is 28.0 Å². The Morgan fingerprint density at radius 1 is 1.09 bits per heavy atom. The highest BCUT2D eigenvalue weighted by molar-refractivity contribution is 8.01. The first-order valence-electron chi connectivity index (χ1n) is 10.0. The molecule has 180 valence electrons. The van der Waals surface area contributed by atoms with E-state index in [1.807, 2.05) is 32.0 Å². The van der Waals surface area contributed by atoms with E-state index in [1.54, 1.807) is 24.3 Å². The quantitative estimate of drug-likeness (QED) is 0.258. The number of ether oxygens (including phenoxy) is 1. The number of nitrogens with one attached hydrogen (secondary N) is 1. The summed E-state index contributed by atoms with van der Waals surface area (Å²) in [6.07, 6.45) is 1.17. The minimum atomic E-state index is -3.52. The summed E-state index contributed by atoms with van der Waals surface area (Å²) < 4.78 is 31.4. The molecule has 0 atom stereocenters. The second kappa shape index (κ2) is 11.0. The van der Waals surface area contributed by atoms with Crippen molar-refractivity contribution in [3.05, 3.63) is 64.7 Å². The van der Waals surface area contributed by atoms with Crippen molar-refractivity contribution in [3.8, 4) is 0 Å². The molecule has 0 aliphatic carbocycles. The molecule has 0 saturated carbocycles. The molecule has 3 rings (SSSR count). The van der Waals surface area contributed by atoms with Crippen LogP contribution in [-0.4, -0.2) is 49.6 Å². The van der Waals surface area contributed by atoms with Gasteiger partial charge < -0.3 is 4.74 Å². The van der Waals surface area contributed by atoms with Crippen LogP contribution in [0.4, 0.5) is 10.8 Å². The van der Waals surface area contributed by atoms with Crippen LogP contribution in [0.15, 0.2) is 46.8 Å². The summed E-state index contributed by atoms with van der Waals surface area (Å²) >= 11 is 2.32. The fourth-order valence-electron chi connectivity index (χ4n) is 3.09. The van der Waals surface area contributed by atoms with Crippen molar-refractivity contribution in [1.82, 2.24) is 10.2 Å². The molecule has 0 aliphatic rings. The van der Waals surface area contributed by atoms with E-state index in [9.17, 15) is 18.0 Å². The summed E-state index contributed by atoms with van der Waals surface area (Å²) in [6.45, 7) is 3.98. The Hall–Kier alpha value is -2.96. The molecular formula is C22H24N4O5S3. The number of esters is 1. The number of carbonyl (C=O) groups is 2. The molecule has 1 aromatic heterocycles. The largest absolute Gasteiger partial charge is 0.468 e. The average molecular weight is 521 g/mol. The van der Waals surface area contributed by atoms with Gasteiger partial charge in [0.05, 0.1) is 31.4 Å². The number of anilines is 2. The molecule has 2 aromatic carbocycles. The summed E-state index contributed by atoms with van der Waals surface area (Å²) in [4.78, 5) is 23.8. The van der Waals surface area contributed by atoms with E-state index in [4.69, 9.17) is 0 Å². The van der Waals surface area contributed by atoms with E-state index in [0.29, 0.717) is 20.7 Å². The summed E-state index contributed by atoms with van der Waals surface area (Å²) in [5, 5.41) is 10.8. The van der Waals surface area contributed by atoms with Crippen LogP contribution < -0.4 is 9.62 Å². The molecule has 1 amide bonds. The fraction of sp³-hybridized carbons (Fsp3) is 0.273. The van der Waals surface area contributed by atoms with E-state index in [1.165, 1.54) is 29.4 Å². The number of aryl methyl sites for hydroxylation is 2. The molecule has 0 unspecified atom stereocenters. The monoisotopic (exact) mass is 520 g/mol. The van der Waals surface area contributed by atoms with Crippen molar-refractivity contribution < 1.29 is 22.7 Å². The predicted molar refractivity (Wildman–Crippen MR) is 134 cm³/mol. The zero-order chi connectivity index (χ0) is 24.9. The van der Waals surface area contributed by atoms with Crippen LogP contribution in [0.25, 0.3) is 0 Å². The Morgan fingerprint density at radius 2 is 1.74 bits per heavy atom. The summed E-state index contributed by atoms with van der Waals surface area (Å²) in [5.41, 5.74) is 3.66. The van der Waals surface area contributed by atoms with Gasteiger partial charge in [0.25, 0.3) is 5.91 Å². The maximum absolute atomic E-state index is 12.6. The number of sulfonamides is 1. The Morgan fingerprint density at radius 3 is 2.32 bits per heavy atom. The number of aromatic nitrogens is 2.